The Labute approximate surface area is 325 Å². The Bertz CT molecular complexity index is 1870. The second-order valence-electron chi connectivity index (χ2n) is 14.7. The van der Waals surface area contributed by atoms with Crippen molar-refractivity contribution in [1.29, 1.82) is 0 Å². The lowest BCUT2D eigenvalue weighted by Crippen LogP contribution is -2.62. The smallest absolute Gasteiger partial charge is 0.412 e. The van der Waals surface area contributed by atoms with E-state index < -0.39 is 53.8 Å². The summed E-state index contributed by atoms with van der Waals surface area (Å²) in [6, 6.07) is 7.20. The van der Waals surface area contributed by atoms with Gasteiger partial charge in [-0.3, -0.25) is 15.4 Å². The summed E-state index contributed by atoms with van der Waals surface area (Å²) in [5.41, 5.74) is 8.09. The molecule has 4 bridgehead atoms. The van der Waals surface area contributed by atoms with Crippen LogP contribution in [0.5, 0.6) is 5.75 Å². The van der Waals surface area contributed by atoms with Crippen molar-refractivity contribution in [2.24, 2.45) is 0 Å². The van der Waals surface area contributed by atoms with Gasteiger partial charge in [-0.2, -0.15) is 0 Å². The van der Waals surface area contributed by atoms with E-state index in [1.165, 1.54) is 19.1 Å². The minimum absolute atomic E-state index is 0.0279. The molecule has 298 valence electrons. The summed E-state index contributed by atoms with van der Waals surface area (Å²) >= 11 is 6.78. The molecule has 0 saturated carbocycles. The van der Waals surface area contributed by atoms with E-state index in [2.05, 4.69) is 15.5 Å². The second kappa shape index (κ2) is 16.3. The van der Waals surface area contributed by atoms with Crippen LogP contribution < -0.4 is 30.9 Å². The van der Waals surface area contributed by atoms with Crippen molar-refractivity contribution in [2.45, 2.75) is 82.2 Å². The Balaban J connectivity index is 1.33. The SMILES string of the molecule is COc1cc2cc(c1Cl)N(C)C(=O)C[C@H](OC(=O)Nc1cc(N3CCOCC3)c(N)cc1C)[C@]1(C)O[C@H]1C[C@@H]1C[C@@](O)(NC(=O)O1)[C@H](OC)/C=C/C=C(\C)C2. The molecule has 15 nitrogen and oxygen atoms in total. The fraction of sp³-hybridized carbons (Fsp3) is 0.513. The van der Waals surface area contributed by atoms with Crippen LogP contribution in [0.2, 0.25) is 5.02 Å². The van der Waals surface area contributed by atoms with Gasteiger partial charge in [0.2, 0.25) is 5.91 Å². The fourth-order valence-electron chi connectivity index (χ4n) is 7.45. The third-order valence-electron chi connectivity index (χ3n) is 10.7. The van der Waals surface area contributed by atoms with Crippen molar-refractivity contribution in [3.63, 3.8) is 0 Å². The first-order valence-corrected chi connectivity index (χ1v) is 18.6. The van der Waals surface area contributed by atoms with Crippen molar-refractivity contribution in [3.05, 3.63) is 64.2 Å². The Morgan fingerprint density at radius 2 is 1.87 bits per heavy atom. The largest absolute Gasteiger partial charge is 0.495 e. The minimum Gasteiger partial charge on any atom is -0.495 e. The van der Waals surface area contributed by atoms with E-state index in [0.717, 1.165) is 16.8 Å². The average Bonchev–Trinajstić information content (AvgIpc) is 3.79. The molecule has 3 saturated heterocycles. The Hall–Kier alpha value is -4.54. The molecule has 2 aromatic rings. The van der Waals surface area contributed by atoms with Gasteiger partial charge < -0.3 is 49.1 Å². The number of aryl methyl sites for hydroxylation is 1. The number of ether oxygens (including phenoxy) is 6. The maximum absolute atomic E-state index is 14.2. The molecular formula is C39H50ClN5O10. The van der Waals surface area contributed by atoms with Crippen molar-refractivity contribution in [1.82, 2.24) is 5.32 Å². The number of nitrogens with two attached hydrogens (primary N) is 1. The van der Waals surface area contributed by atoms with E-state index in [9.17, 15) is 19.5 Å². The number of nitrogens with zero attached hydrogens (tertiary/aromatic N) is 2. The molecule has 4 heterocycles. The molecule has 4 aliphatic rings. The maximum atomic E-state index is 14.2. The molecule has 3 amide bonds. The van der Waals surface area contributed by atoms with E-state index in [1.807, 2.05) is 26.0 Å². The van der Waals surface area contributed by atoms with Crippen molar-refractivity contribution < 1.29 is 47.9 Å². The number of nitrogen functional groups attached to an aromatic ring is 1. The molecule has 0 radical (unpaired) electrons. The number of fused-ring (bicyclic) bond motifs is 5. The summed E-state index contributed by atoms with van der Waals surface area (Å²) in [5.74, 6) is -0.0286. The number of methoxy groups -OCH3 is 2. The third-order valence-corrected chi connectivity index (χ3v) is 11.1. The highest BCUT2D eigenvalue weighted by Crippen LogP contribution is 2.47. The van der Waals surface area contributed by atoms with Crippen LogP contribution >= 0.6 is 11.6 Å². The number of allylic oxidation sites excluding steroid dienone is 3. The summed E-state index contributed by atoms with van der Waals surface area (Å²) in [6.45, 7) is 7.89. The second-order valence-corrected chi connectivity index (χ2v) is 15.0. The molecule has 0 aliphatic carbocycles. The highest BCUT2D eigenvalue weighted by atomic mass is 35.5. The van der Waals surface area contributed by atoms with E-state index in [4.69, 9.17) is 45.8 Å². The van der Waals surface area contributed by atoms with Gasteiger partial charge in [0.25, 0.3) is 0 Å². The lowest BCUT2D eigenvalue weighted by molar-refractivity contribution is -0.135. The first-order chi connectivity index (χ1) is 26.1. The zero-order chi connectivity index (χ0) is 39.7. The van der Waals surface area contributed by atoms with E-state index in [-0.39, 0.29) is 24.3 Å². The lowest BCUT2D eigenvalue weighted by atomic mass is 9.90. The number of epoxide rings is 1. The van der Waals surface area contributed by atoms with Gasteiger partial charge in [0.1, 0.15) is 34.7 Å². The van der Waals surface area contributed by atoms with Gasteiger partial charge in [-0.05, 0) is 62.6 Å². The number of nitrogens with one attached hydrogen (secondary N) is 2. The number of alkyl carbamates (subject to hydrolysis) is 1. The summed E-state index contributed by atoms with van der Waals surface area (Å²) in [6.07, 6.45) is 0.492. The van der Waals surface area contributed by atoms with Gasteiger partial charge in [0.05, 0.1) is 49.9 Å². The molecule has 55 heavy (non-hydrogen) atoms. The number of aliphatic hydroxyl groups is 1. The van der Waals surface area contributed by atoms with Gasteiger partial charge >= 0.3 is 12.2 Å². The van der Waals surface area contributed by atoms with Gasteiger partial charge in [0, 0.05) is 45.8 Å². The normalized spacial score (nSPS) is 30.2. The quantitative estimate of drug-likeness (QED) is 0.239. The molecule has 16 heteroatoms. The van der Waals surface area contributed by atoms with E-state index in [0.29, 0.717) is 61.1 Å². The monoisotopic (exact) mass is 783 g/mol. The zero-order valence-electron chi connectivity index (χ0n) is 32.0. The molecule has 0 aromatic heterocycles. The van der Waals surface area contributed by atoms with Gasteiger partial charge in [-0.15, -0.1) is 0 Å². The predicted octanol–water partition coefficient (Wildman–Crippen LogP) is 4.85. The zero-order valence-corrected chi connectivity index (χ0v) is 32.7. The van der Waals surface area contributed by atoms with E-state index >= 15 is 0 Å². The highest BCUT2D eigenvalue weighted by molar-refractivity contribution is 6.35. The van der Waals surface area contributed by atoms with Crippen molar-refractivity contribution in [3.8, 4) is 5.75 Å². The standard InChI is InChI=1S/C39H50ClN5O10/c1-22-8-7-9-31(51-6)39(49)21-25(53-37(48)43-39)18-33-38(3,55-33)32(20-34(46)44(4)29-16-24(14-22)17-30(50-5)35(29)40)54-36(47)42-27-19-28(26(41)15-23(27)2)45-10-12-52-13-11-45/h7-9,15-17,19,25,31-33,49H,10-14,18,20-21,41H2,1-6H3,(H,42,47)(H,43,48)/b9-7+,22-8+/t25-,31-,32+,33+,38+,39+/m1/s1. The van der Waals surface area contributed by atoms with Crippen LogP contribution in [-0.4, -0.2) is 107 Å². The van der Waals surface area contributed by atoms with Crippen molar-refractivity contribution >= 4 is 52.4 Å². The first-order valence-electron chi connectivity index (χ1n) is 18.2. The molecule has 6 atom stereocenters. The molecule has 6 rings (SSSR count). The van der Waals surface area contributed by atoms with Gasteiger partial charge in [0.15, 0.2) is 5.72 Å². The highest BCUT2D eigenvalue weighted by Gasteiger charge is 2.61. The van der Waals surface area contributed by atoms with Gasteiger partial charge in [-0.25, -0.2) is 9.59 Å². The molecule has 2 aromatic carbocycles. The van der Waals surface area contributed by atoms with E-state index in [1.54, 1.807) is 44.3 Å². The number of anilines is 4. The summed E-state index contributed by atoms with van der Waals surface area (Å²) < 4.78 is 34.6. The third kappa shape index (κ3) is 8.81. The molecule has 4 aliphatic heterocycles. The molecule has 3 fully saturated rings. The Morgan fingerprint density at radius 1 is 1.13 bits per heavy atom. The summed E-state index contributed by atoms with van der Waals surface area (Å²) in [4.78, 5) is 44.2. The van der Waals surface area contributed by atoms with Crippen LogP contribution in [0.25, 0.3) is 0 Å². The number of halogens is 1. The number of benzene rings is 2. The molecule has 0 spiro atoms. The van der Waals surface area contributed by atoms with Crippen LogP contribution in [0.4, 0.5) is 32.3 Å². The Kier molecular flexibility index (Phi) is 11.9. The van der Waals surface area contributed by atoms with Crippen LogP contribution in [0.15, 0.2) is 48.1 Å². The molecule has 5 N–H and O–H groups in total. The number of morpholine rings is 1. The number of hydrogen-bond acceptors (Lipinski definition) is 12. The lowest BCUT2D eigenvalue weighted by Gasteiger charge is -2.40. The van der Waals surface area contributed by atoms with Crippen LogP contribution in [0.1, 0.15) is 44.2 Å². The molecular weight excluding hydrogens is 734 g/mol. The average molecular weight is 784 g/mol. The molecule has 0 unspecified atom stereocenters. The maximum Gasteiger partial charge on any atom is 0.412 e. The fourth-order valence-corrected chi connectivity index (χ4v) is 7.76. The summed E-state index contributed by atoms with van der Waals surface area (Å²) in [5, 5.41) is 17.3. The predicted molar refractivity (Wildman–Crippen MR) is 207 cm³/mol. The summed E-state index contributed by atoms with van der Waals surface area (Å²) in [7, 11) is 4.53. The van der Waals surface area contributed by atoms with Crippen molar-refractivity contribution in [2.75, 3.05) is 68.4 Å². The van der Waals surface area contributed by atoms with Crippen LogP contribution in [-0.2, 0) is 34.9 Å². The number of hydrogen-bond donors (Lipinski definition) is 4. The number of amides is 3. The Morgan fingerprint density at radius 3 is 2.58 bits per heavy atom. The number of carbonyl (C=O) groups excluding carboxylic acids is 3. The number of rotatable bonds is 5. The number of carbonyl (C=O) groups is 3. The van der Waals surface area contributed by atoms with Gasteiger partial charge in [-0.1, -0.05) is 35.4 Å². The van der Waals surface area contributed by atoms with Crippen LogP contribution in [0.3, 0.4) is 0 Å². The minimum atomic E-state index is -1.80. The van der Waals surface area contributed by atoms with Crippen LogP contribution in [0, 0.1) is 6.92 Å². The first kappa shape index (κ1) is 40.1. The topological polar surface area (TPSA) is 187 Å².